The molecule has 3 rings (SSSR count). The first-order valence-corrected chi connectivity index (χ1v) is 7.77. The van der Waals surface area contributed by atoms with Gasteiger partial charge in [0.25, 0.3) is 0 Å². The van der Waals surface area contributed by atoms with Crippen LogP contribution in [0.4, 0.5) is 0 Å². The van der Waals surface area contributed by atoms with Crippen molar-refractivity contribution >= 4 is 35.4 Å². The van der Waals surface area contributed by atoms with E-state index >= 15 is 0 Å². The van der Waals surface area contributed by atoms with E-state index in [1.165, 1.54) is 0 Å². The minimum atomic E-state index is 0.745. The molecular weight excluding hydrogens is 311 g/mol. The van der Waals surface area contributed by atoms with E-state index in [4.69, 9.17) is 23.2 Å². The molecule has 0 atom stereocenters. The van der Waals surface area contributed by atoms with Crippen molar-refractivity contribution in [2.24, 2.45) is 0 Å². The molecule has 2 heteroatoms. The lowest BCUT2D eigenvalue weighted by Crippen LogP contribution is -2.24. The van der Waals surface area contributed by atoms with Gasteiger partial charge in [0.15, 0.2) is 0 Å². The highest BCUT2D eigenvalue weighted by Crippen LogP contribution is 2.16. The van der Waals surface area contributed by atoms with Gasteiger partial charge in [0, 0.05) is 10.0 Å². The zero-order chi connectivity index (χ0) is 15.4. The van der Waals surface area contributed by atoms with Crippen LogP contribution in [0.3, 0.4) is 0 Å². The Hall–Kier alpha value is -2.02. The molecule has 22 heavy (non-hydrogen) atoms. The molecule has 0 amide bonds. The van der Waals surface area contributed by atoms with Gasteiger partial charge in [-0.1, -0.05) is 83.9 Å². The lowest BCUT2D eigenvalue weighted by Gasteiger charge is -1.99. The van der Waals surface area contributed by atoms with Gasteiger partial charge < -0.3 is 0 Å². The van der Waals surface area contributed by atoms with Crippen LogP contribution in [0.1, 0.15) is 11.1 Å². The van der Waals surface area contributed by atoms with Crippen molar-refractivity contribution in [2.45, 2.75) is 0 Å². The Morgan fingerprint density at radius 2 is 0.864 bits per heavy atom. The second kappa shape index (κ2) is 6.83. The summed E-state index contributed by atoms with van der Waals surface area (Å²) in [5, 5.41) is 3.70. The van der Waals surface area contributed by atoms with Crippen LogP contribution in [0.5, 0.6) is 0 Å². The largest absolute Gasteiger partial charge is 0.0837 e. The lowest BCUT2D eigenvalue weighted by atomic mass is 10.1. The number of halogens is 2. The molecule has 0 heterocycles. The first kappa shape index (κ1) is 14.9. The van der Waals surface area contributed by atoms with Gasteiger partial charge in [-0.15, -0.1) is 0 Å². The van der Waals surface area contributed by atoms with Crippen molar-refractivity contribution in [2.75, 3.05) is 0 Å². The summed E-state index contributed by atoms with van der Waals surface area (Å²) < 4.78 is 0. The highest BCUT2D eigenvalue weighted by molar-refractivity contribution is 6.32. The summed E-state index contributed by atoms with van der Waals surface area (Å²) >= 11 is 12.5. The van der Waals surface area contributed by atoms with Crippen molar-refractivity contribution in [1.82, 2.24) is 0 Å². The molecule has 108 valence electrons. The Balaban J connectivity index is 2.20. The summed E-state index contributed by atoms with van der Waals surface area (Å²) in [5.74, 6) is 0. The quantitative estimate of drug-likeness (QED) is 0.643. The first-order valence-electron chi connectivity index (χ1n) is 7.01. The average molecular weight is 325 g/mol. The molecule has 0 aliphatic carbocycles. The fraction of sp³-hybridized carbons (Fsp3) is 0. The number of hydrogen-bond acceptors (Lipinski definition) is 0. The molecular formula is C20H14Cl2. The second-order valence-corrected chi connectivity index (χ2v) is 5.78. The summed E-state index contributed by atoms with van der Waals surface area (Å²) in [4.78, 5) is 0. The Labute approximate surface area is 140 Å². The third-order valence-corrected chi connectivity index (χ3v) is 4.12. The molecule has 0 aromatic heterocycles. The monoisotopic (exact) mass is 324 g/mol. The van der Waals surface area contributed by atoms with Crippen LogP contribution in [-0.2, 0) is 0 Å². The first-order chi connectivity index (χ1) is 10.7. The fourth-order valence-corrected chi connectivity index (χ4v) is 2.67. The van der Waals surface area contributed by atoms with Gasteiger partial charge in [-0.05, 0) is 45.8 Å². The Bertz CT molecular complexity index is 834. The van der Waals surface area contributed by atoms with E-state index in [0.29, 0.717) is 0 Å². The van der Waals surface area contributed by atoms with Crippen molar-refractivity contribution in [3.05, 3.63) is 104 Å². The molecule has 3 aromatic carbocycles. The topological polar surface area (TPSA) is 0 Å². The maximum Gasteiger partial charge on any atom is 0.0478 e. The number of rotatable bonds is 2. The summed E-state index contributed by atoms with van der Waals surface area (Å²) in [6, 6.07) is 23.8. The molecule has 0 nitrogen and oxygen atoms in total. The Kier molecular flexibility index (Phi) is 4.62. The molecule has 0 bridgehead atoms. The van der Waals surface area contributed by atoms with Crippen LogP contribution < -0.4 is 10.4 Å². The number of hydrogen-bond donors (Lipinski definition) is 0. The predicted octanol–water partition coefficient (Wildman–Crippen LogP) is 4.65. The highest BCUT2D eigenvalue weighted by atomic mass is 35.5. The van der Waals surface area contributed by atoms with Crippen molar-refractivity contribution in [1.29, 1.82) is 0 Å². The van der Waals surface area contributed by atoms with Gasteiger partial charge in [0.2, 0.25) is 0 Å². The summed E-state index contributed by atoms with van der Waals surface area (Å²) in [6.45, 7) is 0. The van der Waals surface area contributed by atoms with Gasteiger partial charge in [0.05, 0.1) is 0 Å². The van der Waals surface area contributed by atoms with E-state index in [1.807, 2.05) is 60.7 Å². The van der Waals surface area contributed by atoms with Crippen molar-refractivity contribution in [3.8, 4) is 0 Å². The third kappa shape index (κ3) is 3.41. The van der Waals surface area contributed by atoms with E-state index in [9.17, 15) is 0 Å². The maximum absolute atomic E-state index is 6.25. The SMILES string of the molecule is Clc1ccccc1C=c1ccccc1=Cc1ccccc1Cl. The summed E-state index contributed by atoms with van der Waals surface area (Å²) in [6.07, 6.45) is 4.18. The van der Waals surface area contributed by atoms with Gasteiger partial charge in [0.1, 0.15) is 0 Å². The van der Waals surface area contributed by atoms with Gasteiger partial charge in [-0.2, -0.15) is 0 Å². The molecule has 0 N–H and O–H groups in total. The van der Waals surface area contributed by atoms with Crippen LogP contribution in [0.25, 0.3) is 12.2 Å². The predicted molar refractivity (Wildman–Crippen MR) is 95.7 cm³/mol. The van der Waals surface area contributed by atoms with Crippen LogP contribution >= 0.6 is 23.2 Å². The Morgan fingerprint density at radius 3 is 1.27 bits per heavy atom. The van der Waals surface area contributed by atoms with Gasteiger partial charge in [-0.25, -0.2) is 0 Å². The molecule has 0 fully saturated rings. The van der Waals surface area contributed by atoms with Crippen LogP contribution in [0, 0.1) is 0 Å². The second-order valence-electron chi connectivity index (χ2n) is 4.96. The summed E-state index contributed by atoms with van der Waals surface area (Å²) in [5.41, 5.74) is 2.01. The van der Waals surface area contributed by atoms with Gasteiger partial charge >= 0.3 is 0 Å². The lowest BCUT2D eigenvalue weighted by molar-refractivity contribution is 1.49. The molecule has 0 saturated heterocycles. The molecule has 0 spiro atoms. The van der Waals surface area contributed by atoms with Crippen LogP contribution in [-0.4, -0.2) is 0 Å². The average Bonchev–Trinajstić information content (AvgIpc) is 2.53. The minimum Gasteiger partial charge on any atom is -0.0837 e. The zero-order valence-corrected chi connectivity index (χ0v) is 13.4. The maximum atomic E-state index is 6.25. The molecule has 0 aliphatic heterocycles. The highest BCUT2D eigenvalue weighted by Gasteiger charge is 1.96. The zero-order valence-electron chi connectivity index (χ0n) is 11.8. The fourth-order valence-electron chi connectivity index (χ4n) is 2.29. The third-order valence-electron chi connectivity index (χ3n) is 3.43. The van der Waals surface area contributed by atoms with E-state index in [1.54, 1.807) is 0 Å². The normalized spacial score (nSPS) is 12.6. The standard InChI is InChI=1S/C20H14Cl2/c21-19-11-5-3-9-17(19)13-15-7-1-2-8-16(15)14-18-10-4-6-12-20(18)22/h1-14H. The van der Waals surface area contributed by atoms with E-state index in [2.05, 4.69) is 24.3 Å². The van der Waals surface area contributed by atoms with E-state index < -0.39 is 0 Å². The Morgan fingerprint density at radius 1 is 0.500 bits per heavy atom. The van der Waals surface area contributed by atoms with Crippen molar-refractivity contribution in [3.63, 3.8) is 0 Å². The minimum absolute atomic E-state index is 0.745. The smallest absolute Gasteiger partial charge is 0.0478 e. The van der Waals surface area contributed by atoms with Gasteiger partial charge in [-0.3, -0.25) is 0 Å². The molecule has 0 aliphatic rings. The van der Waals surface area contributed by atoms with Crippen LogP contribution in [0.15, 0.2) is 72.8 Å². The molecule has 0 unspecified atom stereocenters. The summed E-state index contributed by atoms with van der Waals surface area (Å²) in [7, 11) is 0. The molecule has 3 aromatic rings. The van der Waals surface area contributed by atoms with Crippen molar-refractivity contribution < 1.29 is 0 Å². The van der Waals surface area contributed by atoms with E-state index in [-0.39, 0.29) is 0 Å². The van der Waals surface area contributed by atoms with Crippen LogP contribution in [0.2, 0.25) is 10.0 Å². The molecule has 0 radical (unpaired) electrons. The van der Waals surface area contributed by atoms with E-state index in [0.717, 1.165) is 31.6 Å². The number of benzene rings is 3. The molecule has 0 saturated carbocycles.